The number of carbonyl (C=O) groups is 1. The zero-order valence-electron chi connectivity index (χ0n) is 12.4. The number of rotatable bonds is 3. The number of carbonyl (C=O) groups excluding carboxylic acids is 1. The smallest absolute Gasteiger partial charge is 0.222 e. The van der Waals surface area contributed by atoms with Crippen molar-refractivity contribution >= 4 is 5.91 Å². The van der Waals surface area contributed by atoms with Gasteiger partial charge in [-0.15, -0.1) is 0 Å². The van der Waals surface area contributed by atoms with Crippen molar-refractivity contribution in [2.75, 3.05) is 14.1 Å². The Bertz CT molecular complexity index is 290. The highest BCUT2D eigenvalue weighted by Gasteiger charge is 2.04. The first-order valence-electron chi connectivity index (χ1n) is 6.43. The van der Waals surface area contributed by atoms with Crippen molar-refractivity contribution in [2.24, 2.45) is 0 Å². The molecule has 3 nitrogen and oxygen atoms in total. The number of aromatic amines is 1. The fourth-order valence-electron chi connectivity index (χ4n) is 1.19. The van der Waals surface area contributed by atoms with Gasteiger partial charge in [0, 0.05) is 32.4 Å². The summed E-state index contributed by atoms with van der Waals surface area (Å²) in [5.74, 6) is 0.179. The molecule has 1 aromatic rings. The van der Waals surface area contributed by atoms with Crippen LogP contribution in [0.5, 0.6) is 0 Å². The Hall–Kier alpha value is -1.25. The van der Waals surface area contributed by atoms with E-state index < -0.39 is 0 Å². The van der Waals surface area contributed by atoms with E-state index in [1.807, 2.05) is 40.8 Å². The predicted molar refractivity (Wildman–Crippen MR) is 75.2 cm³/mol. The minimum atomic E-state index is 0.179. The lowest BCUT2D eigenvalue weighted by atomic mass is 10.2. The van der Waals surface area contributed by atoms with Gasteiger partial charge in [0.05, 0.1) is 0 Å². The van der Waals surface area contributed by atoms with Crippen LogP contribution in [0.1, 0.15) is 45.4 Å². The van der Waals surface area contributed by atoms with Gasteiger partial charge in [-0.3, -0.25) is 4.79 Å². The van der Waals surface area contributed by atoms with Crippen LogP contribution in [0.2, 0.25) is 0 Å². The number of hydrogen-bond donors (Lipinski definition) is 1. The Kier molecular flexibility index (Phi) is 12.0. The van der Waals surface area contributed by atoms with Gasteiger partial charge in [0.15, 0.2) is 0 Å². The third-order valence-corrected chi connectivity index (χ3v) is 2.01. The second-order valence-electron chi connectivity index (χ2n) is 3.48. The van der Waals surface area contributed by atoms with Crippen LogP contribution >= 0.6 is 0 Å². The number of aryl methyl sites for hydroxylation is 2. The number of nitrogens with one attached hydrogen (secondary N) is 1. The van der Waals surface area contributed by atoms with Gasteiger partial charge in [0.25, 0.3) is 0 Å². The summed E-state index contributed by atoms with van der Waals surface area (Å²) in [6.45, 7) is 10.0. The largest absolute Gasteiger partial charge is 0.365 e. The summed E-state index contributed by atoms with van der Waals surface area (Å²) in [4.78, 5) is 16.0. The molecule has 0 fully saturated rings. The summed E-state index contributed by atoms with van der Waals surface area (Å²) < 4.78 is 0. The van der Waals surface area contributed by atoms with Crippen molar-refractivity contribution in [3.8, 4) is 0 Å². The molecule has 1 rings (SSSR count). The summed E-state index contributed by atoms with van der Waals surface area (Å²) in [6.07, 6.45) is 3.36. The molecule has 0 bridgehead atoms. The van der Waals surface area contributed by atoms with Gasteiger partial charge < -0.3 is 9.88 Å². The second-order valence-corrected chi connectivity index (χ2v) is 3.48. The summed E-state index contributed by atoms with van der Waals surface area (Å²) >= 11 is 0. The van der Waals surface area contributed by atoms with E-state index in [9.17, 15) is 4.79 Å². The van der Waals surface area contributed by atoms with Gasteiger partial charge in [0.2, 0.25) is 5.91 Å². The van der Waals surface area contributed by atoms with E-state index >= 15 is 0 Å². The SMILES string of the molecule is CC.CC.Cc1cc(CCC(=O)N(C)C)c[nH]1. The first-order valence-corrected chi connectivity index (χ1v) is 6.43. The zero-order valence-corrected chi connectivity index (χ0v) is 12.4. The lowest BCUT2D eigenvalue weighted by Crippen LogP contribution is -2.21. The topological polar surface area (TPSA) is 36.1 Å². The highest BCUT2D eigenvalue weighted by molar-refractivity contribution is 5.75. The molecule has 0 saturated heterocycles. The van der Waals surface area contributed by atoms with E-state index in [4.69, 9.17) is 0 Å². The Morgan fingerprint density at radius 2 is 1.76 bits per heavy atom. The molecule has 0 spiro atoms. The van der Waals surface area contributed by atoms with Crippen molar-refractivity contribution in [3.63, 3.8) is 0 Å². The van der Waals surface area contributed by atoms with Crippen LogP contribution < -0.4 is 0 Å². The molecule has 17 heavy (non-hydrogen) atoms. The van der Waals surface area contributed by atoms with Crippen molar-refractivity contribution in [1.29, 1.82) is 0 Å². The quantitative estimate of drug-likeness (QED) is 0.863. The van der Waals surface area contributed by atoms with E-state index in [2.05, 4.69) is 11.1 Å². The third kappa shape index (κ3) is 8.55. The molecule has 0 atom stereocenters. The standard InChI is InChI=1S/C10H16N2O.2C2H6/c1-8-6-9(7-11-8)4-5-10(13)12(2)3;2*1-2/h6-7,11H,4-5H2,1-3H3;2*1-2H3. The molecule has 3 heteroatoms. The fraction of sp³-hybridized carbons (Fsp3) is 0.643. The summed E-state index contributed by atoms with van der Waals surface area (Å²) in [7, 11) is 3.56. The highest BCUT2D eigenvalue weighted by atomic mass is 16.2. The maximum atomic E-state index is 11.2. The van der Waals surface area contributed by atoms with Gasteiger partial charge in [-0.1, -0.05) is 27.7 Å². The monoisotopic (exact) mass is 240 g/mol. The normalized spacial score (nSPS) is 8.41. The van der Waals surface area contributed by atoms with Crippen LogP contribution in [0.25, 0.3) is 0 Å². The molecule has 0 aliphatic carbocycles. The van der Waals surface area contributed by atoms with E-state index in [0.29, 0.717) is 6.42 Å². The van der Waals surface area contributed by atoms with Crippen LogP contribution in [-0.4, -0.2) is 29.9 Å². The lowest BCUT2D eigenvalue weighted by molar-refractivity contribution is -0.128. The molecule has 0 aromatic carbocycles. The number of hydrogen-bond acceptors (Lipinski definition) is 1. The molecule has 0 aliphatic rings. The summed E-state index contributed by atoms with van der Waals surface area (Å²) in [5, 5.41) is 0. The Morgan fingerprint density at radius 3 is 2.12 bits per heavy atom. The van der Waals surface area contributed by atoms with Crippen molar-refractivity contribution in [1.82, 2.24) is 9.88 Å². The van der Waals surface area contributed by atoms with Gasteiger partial charge in [-0.25, -0.2) is 0 Å². The average Bonchev–Trinajstić information content (AvgIpc) is 2.77. The number of aromatic nitrogens is 1. The molecule has 1 heterocycles. The van der Waals surface area contributed by atoms with Crippen LogP contribution in [-0.2, 0) is 11.2 Å². The van der Waals surface area contributed by atoms with Crippen molar-refractivity contribution < 1.29 is 4.79 Å². The molecular formula is C14H28N2O. The van der Waals surface area contributed by atoms with Crippen LogP contribution in [0.4, 0.5) is 0 Å². The van der Waals surface area contributed by atoms with Crippen LogP contribution in [0.15, 0.2) is 12.3 Å². The van der Waals surface area contributed by atoms with E-state index in [-0.39, 0.29) is 5.91 Å². The molecule has 100 valence electrons. The van der Waals surface area contributed by atoms with E-state index in [1.54, 1.807) is 19.0 Å². The number of H-pyrrole nitrogens is 1. The molecule has 1 amide bonds. The van der Waals surface area contributed by atoms with Gasteiger partial charge >= 0.3 is 0 Å². The number of nitrogens with zero attached hydrogens (tertiary/aromatic N) is 1. The molecule has 0 radical (unpaired) electrons. The molecule has 0 aliphatic heterocycles. The van der Waals surface area contributed by atoms with Crippen LogP contribution in [0, 0.1) is 6.92 Å². The van der Waals surface area contributed by atoms with E-state index in [1.165, 1.54) is 5.56 Å². The molecule has 0 saturated carbocycles. The minimum absolute atomic E-state index is 0.179. The Balaban J connectivity index is 0. The predicted octanol–water partition coefficient (Wildman–Crippen LogP) is 3.40. The van der Waals surface area contributed by atoms with Crippen molar-refractivity contribution in [3.05, 3.63) is 23.5 Å². The molecule has 0 unspecified atom stereocenters. The third-order valence-electron chi connectivity index (χ3n) is 2.01. The maximum absolute atomic E-state index is 11.2. The average molecular weight is 240 g/mol. The summed E-state index contributed by atoms with van der Waals surface area (Å²) in [6, 6.07) is 2.07. The first kappa shape index (κ1) is 18.1. The van der Waals surface area contributed by atoms with Gasteiger partial charge in [0.1, 0.15) is 0 Å². The van der Waals surface area contributed by atoms with Gasteiger partial charge in [-0.05, 0) is 25.0 Å². The molecule has 1 N–H and O–H groups in total. The minimum Gasteiger partial charge on any atom is -0.365 e. The zero-order chi connectivity index (χ0) is 13.8. The Morgan fingerprint density at radius 1 is 1.24 bits per heavy atom. The second kappa shape index (κ2) is 11.2. The summed E-state index contributed by atoms with van der Waals surface area (Å²) in [5.41, 5.74) is 2.35. The Labute approximate surface area is 106 Å². The van der Waals surface area contributed by atoms with E-state index in [0.717, 1.165) is 12.1 Å². The van der Waals surface area contributed by atoms with Crippen LogP contribution in [0.3, 0.4) is 0 Å². The lowest BCUT2D eigenvalue weighted by Gasteiger charge is -2.08. The van der Waals surface area contributed by atoms with Crippen molar-refractivity contribution in [2.45, 2.75) is 47.5 Å². The maximum Gasteiger partial charge on any atom is 0.222 e. The fourth-order valence-corrected chi connectivity index (χ4v) is 1.19. The van der Waals surface area contributed by atoms with Gasteiger partial charge in [-0.2, -0.15) is 0 Å². The molecule has 1 aromatic heterocycles. The molecular weight excluding hydrogens is 212 g/mol. The highest BCUT2D eigenvalue weighted by Crippen LogP contribution is 2.05. The number of amides is 1. The first-order chi connectivity index (χ1) is 8.09.